The highest BCUT2D eigenvalue weighted by atomic mass is 35.5. The third-order valence-corrected chi connectivity index (χ3v) is 2.05. The van der Waals surface area contributed by atoms with Crippen LogP contribution in [-0.2, 0) is 10.0 Å². The average Bonchev–Trinajstić information content (AvgIpc) is 2.01. The Morgan fingerprint density at radius 1 is 1.43 bits per heavy atom. The lowest BCUT2D eigenvalue weighted by molar-refractivity contribution is 0.0978. The van der Waals surface area contributed by atoms with Crippen LogP contribution >= 0.6 is 11.6 Å². The molecular formula is C8H7ClNO3S. The lowest BCUT2D eigenvalue weighted by atomic mass is 10.2. The van der Waals surface area contributed by atoms with Gasteiger partial charge in [-0.3, -0.25) is 4.79 Å². The first-order valence-electron chi connectivity index (χ1n) is 3.61. The molecule has 0 saturated carbocycles. The van der Waals surface area contributed by atoms with Crippen molar-refractivity contribution in [2.75, 3.05) is 6.26 Å². The third kappa shape index (κ3) is 3.35. The minimum atomic E-state index is -3.65. The summed E-state index contributed by atoms with van der Waals surface area (Å²) in [5, 5.41) is 0.361. The molecule has 0 saturated heterocycles. The second kappa shape index (κ2) is 3.98. The van der Waals surface area contributed by atoms with Gasteiger partial charge in [-0.05, 0) is 18.2 Å². The number of carbonyl (C=O) groups excluding carboxylic acids is 1. The molecule has 75 valence electrons. The SMILES string of the molecule is CS(=O)(=O)[N]C(=O)c1cccc(Cl)c1. The molecule has 0 unspecified atom stereocenters. The second-order valence-electron chi connectivity index (χ2n) is 2.64. The zero-order valence-corrected chi connectivity index (χ0v) is 8.84. The molecule has 0 bridgehead atoms. The first kappa shape index (κ1) is 11.0. The molecule has 1 aromatic carbocycles. The predicted molar refractivity (Wildman–Crippen MR) is 52.8 cm³/mol. The highest BCUT2D eigenvalue weighted by Gasteiger charge is 2.13. The van der Waals surface area contributed by atoms with E-state index in [1.165, 1.54) is 12.1 Å². The van der Waals surface area contributed by atoms with Crippen molar-refractivity contribution in [2.24, 2.45) is 0 Å². The average molecular weight is 233 g/mol. The largest absolute Gasteiger partial charge is 0.287 e. The van der Waals surface area contributed by atoms with Gasteiger partial charge in [0.2, 0.25) is 0 Å². The summed E-state index contributed by atoms with van der Waals surface area (Å²) in [6.45, 7) is 0. The Kier molecular flexibility index (Phi) is 3.13. The Morgan fingerprint density at radius 3 is 2.57 bits per heavy atom. The Morgan fingerprint density at radius 2 is 2.07 bits per heavy atom. The monoisotopic (exact) mass is 232 g/mol. The van der Waals surface area contributed by atoms with E-state index in [1.807, 2.05) is 0 Å². The van der Waals surface area contributed by atoms with Crippen LogP contribution in [0.4, 0.5) is 0 Å². The van der Waals surface area contributed by atoms with Gasteiger partial charge in [-0.2, -0.15) is 0 Å². The zero-order chi connectivity index (χ0) is 10.8. The minimum absolute atomic E-state index is 0.155. The smallest absolute Gasteiger partial charge is 0.266 e. The fraction of sp³-hybridized carbons (Fsp3) is 0.125. The van der Waals surface area contributed by atoms with E-state index in [4.69, 9.17) is 11.6 Å². The molecule has 4 nitrogen and oxygen atoms in total. The van der Waals surface area contributed by atoms with Gasteiger partial charge in [-0.1, -0.05) is 17.7 Å². The molecule has 0 atom stereocenters. The van der Waals surface area contributed by atoms with Crippen molar-refractivity contribution in [2.45, 2.75) is 0 Å². The van der Waals surface area contributed by atoms with Crippen LogP contribution in [0.25, 0.3) is 0 Å². The van der Waals surface area contributed by atoms with Crippen molar-refractivity contribution in [3.8, 4) is 0 Å². The summed E-state index contributed by atoms with van der Waals surface area (Å²) in [6, 6.07) is 5.94. The lowest BCUT2D eigenvalue weighted by Crippen LogP contribution is -2.21. The molecular weight excluding hydrogens is 226 g/mol. The van der Waals surface area contributed by atoms with E-state index in [2.05, 4.69) is 4.72 Å². The van der Waals surface area contributed by atoms with E-state index in [0.29, 0.717) is 5.02 Å². The van der Waals surface area contributed by atoms with Crippen LogP contribution in [0.3, 0.4) is 0 Å². The molecule has 0 spiro atoms. The Labute approximate surface area is 86.9 Å². The molecule has 0 aliphatic heterocycles. The summed E-state index contributed by atoms with van der Waals surface area (Å²) in [4.78, 5) is 11.2. The van der Waals surface area contributed by atoms with Crippen LogP contribution in [0.5, 0.6) is 0 Å². The van der Waals surface area contributed by atoms with Crippen LogP contribution in [0.1, 0.15) is 10.4 Å². The maximum Gasteiger partial charge on any atom is 0.287 e. The van der Waals surface area contributed by atoms with Gasteiger partial charge >= 0.3 is 0 Å². The highest BCUT2D eigenvalue weighted by Crippen LogP contribution is 2.10. The second-order valence-corrected chi connectivity index (χ2v) is 4.72. The maximum atomic E-state index is 11.2. The minimum Gasteiger partial charge on any atom is -0.266 e. The molecule has 1 amide bonds. The number of amides is 1. The number of rotatable bonds is 2. The standard InChI is InChI=1S/C8H7ClNO3S/c1-14(12,13)10-8(11)6-3-2-4-7(9)5-6/h2-5H,1H3. The van der Waals surface area contributed by atoms with Crippen LogP contribution in [-0.4, -0.2) is 20.6 Å². The van der Waals surface area contributed by atoms with Crippen molar-refractivity contribution >= 4 is 27.5 Å². The topological polar surface area (TPSA) is 65.3 Å². The van der Waals surface area contributed by atoms with Gasteiger partial charge in [-0.25, -0.2) is 8.42 Å². The van der Waals surface area contributed by atoms with Crippen molar-refractivity contribution in [1.29, 1.82) is 0 Å². The summed E-state index contributed by atoms with van der Waals surface area (Å²) < 4.78 is 24.4. The molecule has 14 heavy (non-hydrogen) atoms. The fourth-order valence-electron chi connectivity index (χ4n) is 0.825. The first-order chi connectivity index (χ1) is 6.38. The van der Waals surface area contributed by atoms with Crippen LogP contribution in [0, 0.1) is 0 Å². The van der Waals surface area contributed by atoms with Gasteiger partial charge in [0.1, 0.15) is 0 Å². The molecule has 0 aromatic heterocycles. The highest BCUT2D eigenvalue weighted by molar-refractivity contribution is 7.89. The summed E-state index contributed by atoms with van der Waals surface area (Å²) in [5.41, 5.74) is 0.155. The molecule has 0 fully saturated rings. The third-order valence-electron chi connectivity index (χ3n) is 1.32. The number of hydrogen-bond acceptors (Lipinski definition) is 3. The van der Waals surface area contributed by atoms with Gasteiger partial charge in [-0.15, -0.1) is 4.72 Å². The van der Waals surface area contributed by atoms with E-state index < -0.39 is 15.9 Å². The molecule has 6 heteroatoms. The molecule has 1 rings (SSSR count). The summed E-state index contributed by atoms with van der Waals surface area (Å²) in [6.07, 6.45) is 0.857. The summed E-state index contributed by atoms with van der Waals surface area (Å²) >= 11 is 5.62. The summed E-state index contributed by atoms with van der Waals surface area (Å²) in [5.74, 6) is -0.810. The van der Waals surface area contributed by atoms with E-state index >= 15 is 0 Å². The van der Waals surface area contributed by atoms with Crippen LogP contribution < -0.4 is 4.72 Å². The number of halogens is 1. The lowest BCUT2D eigenvalue weighted by Gasteiger charge is -1.99. The zero-order valence-electron chi connectivity index (χ0n) is 7.27. The van der Waals surface area contributed by atoms with Crippen LogP contribution in [0.2, 0.25) is 5.02 Å². The predicted octanol–water partition coefficient (Wildman–Crippen LogP) is 1.04. The van der Waals surface area contributed by atoms with Crippen molar-refractivity contribution in [3.63, 3.8) is 0 Å². The number of sulfonamides is 1. The maximum absolute atomic E-state index is 11.2. The molecule has 0 heterocycles. The van der Waals surface area contributed by atoms with Crippen molar-refractivity contribution < 1.29 is 13.2 Å². The molecule has 0 aliphatic carbocycles. The van der Waals surface area contributed by atoms with E-state index in [9.17, 15) is 13.2 Å². The number of nitrogens with zero attached hydrogens (tertiary/aromatic N) is 1. The molecule has 1 radical (unpaired) electrons. The number of hydrogen-bond donors (Lipinski definition) is 0. The van der Waals surface area contributed by atoms with Gasteiger partial charge < -0.3 is 0 Å². The fourth-order valence-corrected chi connectivity index (χ4v) is 1.42. The number of benzene rings is 1. The first-order valence-corrected chi connectivity index (χ1v) is 5.84. The molecule has 0 N–H and O–H groups in total. The Balaban J connectivity index is 2.91. The van der Waals surface area contributed by atoms with Crippen molar-refractivity contribution in [3.05, 3.63) is 34.9 Å². The van der Waals surface area contributed by atoms with Gasteiger partial charge in [0, 0.05) is 10.6 Å². The molecule has 1 aromatic rings. The Bertz CT molecular complexity index is 455. The quantitative estimate of drug-likeness (QED) is 0.765. The van der Waals surface area contributed by atoms with Gasteiger partial charge in [0.15, 0.2) is 0 Å². The molecule has 0 aliphatic rings. The van der Waals surface area contributed by atoms with Gasteiger partial charge in [0.25, 0.3) is 15.9 Å². The van der Waals surface area contributed by atoms with E-state index in [0.717, 1.165) is 6.26 Å². The summed E-state index contributed by atoms with van der Waals surface area (Å²) in [7, 11) is -3.65. The van der Waals surface area contributed by atoms with E-state index in [-0.39, 0.29) is 5.56 Å². The van der Waals surface area contributed by atoms with Crippen molar-refractivity contribution in [1.82, 2.24) is 4.72 Å². The van der Waals surface area contributed by atoms with E-state index in [1.54, 1.807) is 12.1 Å². The van der Waals surface area contributed by atoms with Gasteiger partial charge in [0.05, 0.1) is 6.26 Å². The van der Waals surface area contributed by atoms with Crippen LogP contribution in [0.15, 0.2) is 24.3 Å². The number of carbonyl (C=O) groups is 1. The Hall–Kier alpha value is -1.07. The normalized spacial score (nSPS) is 11.0.